The molecule has 13 heteroatoms. The van der Waals surface area contributed by atoms with Crippen LogP contribution in [0.25, 0.3) is 0 Å². The maximum absolute atomic E-state index is 13.8. The number of rotatable bonds is 9. The second-order valence-corrected chi connectivity index (χ2v) is 13.7. The number of hydrogen-bond donors (Lipinski definition) is 2. The molecule has 9 nitrogen and oxygen atoms in total. The third-order valence-corrected chi connectivity index (χ3v) is 10.5. The van der Waals surface area contributed by atoms with E-state index >= 15 is 0 Å². The molecule has 0 spiro atoms. The lowest BCUT2D eigenvalue weighted by Gasteiger charge is -2.29. The normalized spacial score (nSPS) is 19.2. The minimum atomic E-state index is -4.19. The fraction of sp³-hybridized carbons (Fsp3) is 0.484. The van der Waals surface area contributed by atoms with Crippen LogP contribution in [0, 0.1) is 11.6 Å². The third kappa shape index (κ3) is 6.85. The second kappa shape index (κ2) is 13.0. The van der Waals surface area contributed by atoms with Crippen LogP contribution in [0.5, 0.6) is 0 Å². The zero-order valence-corrected chi connectivity index (χ0v) is 25.1. The maximum atomic E-state index is 13.8. The lowest BCUT2D eigenvalue weighted by Crippen LogP contribution is -2.36. The number of anilines is 1. The second-order valence-electron chi connectivity index (χ2n) is 11.8. The molecule has 6 rings (SSSR count). The van der Waals surface area contributed by atoms with Crippen LogP contribution < -0.4 is 5.32 Å². The van der Waals surface area contributed by atoms with E-state index in [1.54, 1.807) is 0 Å². The van der Waals surface area contributed by atoms with E-state index in [9.17, 15) is 26.4 Å². The number of alkyl halides is 1. The van der Waals surface area contributed by atoms with E-state index in [0.29, 0.717) is 75.0 Å². The van der Waals surface area contributed by atoms with Gasteiger partial charge in [-0.1, -0.05) is 6.07 Å². The molecule has 0 saturated carbocycles. The Labute approximate surface area is 254 Å². The smallest absolute Gasteiger partial charge is 0.243 e. The zero-order chi connectivity index (χ0) is 30.8. The van der Waals surface area contributed by atoms with Crippen molar-refractivity contribution < 1.29 is 31.1 Å². The molecule has 0 radical (unpaired) electrons. The van der Waals surface area contributed by atoms with Crippen LogP contribution in [0.2, 0.25) is 0 Å². The first kappa shape index (κ1) is 30.8. The highest BCUT2D eigenvalue weighted by molar-refractivity contribution is 7.89. The first-order valence-electron chi connectivity index (χ1n) is 15.0. The highest BCUT2D eigenvalue weighted by Crippen LogP contribution is 2.29. The molecule has 3 aliphatic rings. The van der Waals surface area contributed by atoms with Gasteiger partial charge in [-0.2, -0.15) is 9.40 Å². The van der Waals surface area contributed by atoms with Crippen LogP contribution in [0.1, 0.15) is 58.6 Å². The number of fused-ring (bicyclic) bond motifs is 1. The SMILES string of the molecule is O=C(Cc1n[nH]c2c1CN(S(=O)(=O)c1cc(F)cc(F)c1)CC2)c1ccc(CN2CCC(F)CC2)cc1NC1CCOCC1. The van der Waals surface area contributed by atoms with Gasteiger partial charge in [0.05, 0.1) is 17.0 Å². The highest BCUT2D eigenvalue weighted by atomic mass is 32.2. The number of likely N-dealkylation sites (tertiary alicyclic amines) is 1. The molecule has 44 heavy (non-hydrogen) atoms. The van der Waals surface area contributed by atoms with E-state index in [0.717, 1.165) is 46.2 Å². The predicted molar refractivity (Wildman–Crippen MR) is 158 cm³/mol. The van der Waals surface area contributed by atoms with Gasteiger partial charge >= 0.3 is 0 Å². The molecule has 0 unspecified atom stereocenters. The molecule has 236 valence electrons. The van der Waals surface area contributed by atoms with Crippen LogP contribution in [-0.2, 0) is 40.7 Å². The molecule has 0 amide bonds. The number of Topliss-reactive ketones (excluding diaryl/α,β-unsaturated/α-hetero) is 1. The van der Waals surface area contributed by atoms with Crippen molar-refractivity contribution in [1.29, 1.82) is 0 Å². The van der Waals surface area contributed by atoms with Crippen LogP contribution in [0.3, 0.4) is 0 Å². The van der Waals surface area contributed by atoms with Gasteiger partial charge in [-0.3, -0.25) is 14.8 Å². The number of carbonyl (C=O) groups is 1. The molecule has 3 aromatic rings. The van der Waals surface area contributed by atoms with Crippen molar-refractivity contribution in [3.63, 3.8) is 0 Å². The third-order valence-electron chi connectivity index (χ3n) is 8.67. The molecular weight excluding hydrogens is 595 g/mol. The summed E-state index contributed by atoms with van der Waals surface area (Å²) < 4.78 is 74.5. The van der Waals surface area contributed by atoms with E-state index in [1.807, 2.05) is 18.2 Å². The summed E-state index contributed by atoms with van der Waals surface area (Å²) in [6.07, 6.45) is 2.19. The number of carbonyl (C=O) groups excluding carboxylic acids is 1. The fourth-order valence-electron chi connectivity index (χ4n) is 6.19. The summed E-state index contributed by atoms with van der Waals surface area (Å²) in [5, 5.41) is 10.9. The summed E-state index contributed by atoms with van der Waals surface area (Å²) in [5.74, 6) is -2.13. The highest BCUT2D eigenvalue weighted by Gasteiger charge is 2.32. The van der Waals surface area contributed by atoms with Gasteiger partial charge in [0.25, 0.3) is 0 Å². The van der Waals surface area contributed by atoms with E-state index < -0.39 is 32.7 Å². The van der Waals surface area contributed by atoms with Gasteiger partial charge in [0, 0.05) is 87.0 Å². The Balaban J connectivity index is 1.22. The van der Waals surface area contributed by atoms with E-state index in [1.165, 1.54) is 0 Å². The van der Waals surface area contributed by atoms with E-state index in [-0.39, 0.29) is 31.3 Å². The Hall–Kier alpha value is -3.26. The van der Waals surface area contributed by atoms with E-state index in [4.69, 9.17) is 4.74 Å². The number of nitrogens with zero attached hydrogens (tertiary/aromatic N) is 3. The van der Waals surface area contributed by atoms with Gasteiger partial charge in [0.15, 0.2) is 5.78 Å². The van der Waals surface area contributed by atoms with Crippen molar-refractivity contribution in [3.8, 4) is 0 Å². The summed E-state index contributed by atoms with van der Waals surface area (Å²) in [6.45, 7) is 3.35. The molecule has 0 bridgehead atoms. The number of ether oxygens (including phenoxy) is 1. The fourth-order valence-corrected chi connectivity index (χ4v) is 7.64. The average Bonchev–Trinajstić information content (AvgIpc) is 3.40. The van der Waals surface area contributed by atoms with Crippen molar-refractivity contribution in [2.24, 2.45) is 0 Å². The van der Waals surface area contributed by atoms with E-state index in [2.05, 4.69) is 20.4 Å². The lowest BCUT2D eigenvalue weighted by molar-refractivity contribution is 0.0904. The number of benzene rings is 2. The molecule has 2 aromatic carbocycles. The van der Waals surface area contributed by atoms with Crippen molar-refractivity contribution in [2.75, 3.05) is 38.2 Å². The number of hydrogen-bond acceptors (Lipinski definition) is 7. The molecule has 2 saturated heterocycles. The quantitative estimate of drug-likeness (QED) is 0.338. The minimum absolute atomic E-state index is 0.0554. The monoisotopic (exact) mass is 631 g/mol. The Kier molecular flexibility index (Phi) is 9.08. The molecule has 0 aliphatic carbocycles. The summed E-state index contributed by atoms with van der Waals surface area (Å²) >= 11 is 0. The lowest BCUT2D eigenvalue weighted by atomic mass is 9.97. The molecular formula is C31H36F3N5O4S. The average molecular weight is 632 g/mol. The van der Waals surface area contributed by atoms with Gasteiger partial charge in [-0.25, -0.2) is 21.6 Å². The van der Waals surface area contributed by atoms with Gasteiger partial charge in [0.1, 0.15) is 17.8 Å². The predicted octanol–water partition coefficient (Wildman–Crippen LogP) is 4.39. The largest absolute Gasteiger partial charge is 0.382 e. The van der Waals surface area contributed by atoms with Crippen LogP contribution in [0.15, 0.2) is 41.3 Å². The van der Waals surface area contributed by atoms with Crippen molar-refractivity contribution in [3.05, 3.63) is 76.1 Å². The Morgan fingerprint density at radius 3 is 2.48 bits per heavy atom. The summed E-state index contributed by atoms with van der Waals surface area (Å²) in [7, 11) is -4.19. The summed E-state index contributed by atoms with van der Waals surface area (Å²) in [5.41, 5.74) is 4.02. The van der Waals surface area contributed by atoms with Crippen LogP contribution in [-0.4, -0.2) is 78.7 Å². The number of halogens is 3. The number of sulfonamides is 1. The number of H-pyrrole nitrogens is 1. The van der Waals surface area contributed by atoms with Crippen LogP contribution >= 0.6 is 0 Å². The Morgan fingerprint density at radius 1 is 1.02 bits per heavy atom. The van der Waals surface area contributed by atoms with Crippen molar-refractivity contribution in [2.45, 2.75) is 68.7 Å². The zero-order valence-electron chi connectivity index (χ0n) is 24.3. The van der Waals surface area contributed by atoms with Gasteiger partial charge < -0.3 is 10.1 Å². The molecule has 0 atom stereocenters. The molecule has 2 fully saturated rings. The number of piperidine rings is 1. The molecule has 1 aromatic heterocycles. The number of aromatic amines is 1. The molecule has 3 aliphatic heterocycles. The van der Waals surface area contributed by atoms with Gasteiger partial charge in [0.2, 0.25) is 10.0 Å². The maximum Gasteiger partial charge on any atom is 0.243 e. The Morgan fingerprint density at radius 2 is 1.75 bits per heavy atom. The molecule has 4 heterocycles. The Bertz CT molecular complexity index is 1600. The topological polar surface area (TPSA) is 108 Å². The molecule has 2 N–H and O–H groups in total. The summed E-state index contributed by atoms with van der Waals surface area (Å²) in [4.78, 5) is 15.5. The standard InChI is InChI=1S/C31H36F3N5O4S/c32-21-3-8-38(9-4-21)18-20-1-2-26(29(13-20)35-24-6-11-43-12-7-24)31(40)17-30-27-19-39(10-5-28(27)36-37-30)44(41,42)25-15-22(33)14-23(34)16-25/h1-2,13-16,21,24,35H,3-12,17-19H2,(H,36,37). The first-order chi connectivity index (χ1) is 21.2. The number of ketones is 1. The summed E-state index contributed by atoms with van der Waals surface area (Å²) in [6, 6.07) is 8.11. The minimum Gasteiger partial charge on any atom is -0.382 e. The number of nitrogens with one attached hydrogen (secondary N) is 2. The van der Waals surface area contributed by atoms with Gasteiger partial charge in [-0.15, -0.1) is 0 Å². The van der Waals surface area contributed by atoms with Crippen molar-refractivity contribution >= 4 is 21.5 Å². The first-order valence-corrected chi connectivity index (χ1v) is 16.5. The van der Waals surface area contributed by atoms with Gasteiger partial charge in [-0.05, 0) is 55.5 Å². The van der Waals surface area contributed by atoms with Crippen LogP contribution in [0.4, 0.5) is 18.9 Å². The number of aromatic nitrogens is 2. The van der Waals surface area contributed by atoms with Crippen molar-refractivity contribution in [1.82, 2.24) is 19.4 Å².